The Morgan fingerprint density at radius 2 is 0.796 bits per heavy atom. The summed E-state index contributed by atoms with van der Waals surface area (Å²) in [6.07, 6.45) is 3.61. The van der Waals surface area contributed by atoms with Crippen molar-refractivity contribution < 1.29 is 9.59 Å². The molecule has 10 nitrogen and oxygen atoms in total. The summed E-state index contributed by atoms with van der Waals surface area (Å²) < 4.78 is 23.2. The molecule has 0 saturated heterocycles. The number of hydrogen-bond acceptors (Lipinski definition) is 15. The van der Waals surface area contributed by atoms with E-state index in [1.807, 2.05) is 6.08 Å². The number of benzene rings is 8. The van der Waals surface area contributed by atoms with E-state index < -0.39 is 10.8 Å². The molecule has 8 aromatic carbocycles. The average molecular weight is 1450 g/mol. The fourth-order valence-electron chi connectivity index (χ4n) is 15.4. The van der Waals surface area contributed by atoms with Crippen LogP contribution in [0.15, 0.2) is 156 Å². The third kappa shape index (κ3) is 8.13. The molecule has 98 heavy (non-hydrogen) atoms. The second-order valence-electron chi connectivity index (χ2n) is 24.8. The standard InChI is InChI=1S/C78H36Cl4N8O2S6/c1-33-6-14-38(15-7-33)77(39-16-8-34(2)9-17-39)50-24-42(22-48-57(37(30-83)31-84)44-26-52(79)54(81)28-46(44)69(48)91)93-71(50)75-63(77)61-59-60(66-67(73(61)95-75)89-97-88-66)62-64-76(96-74(62)68-65(59)87-98-90-68)72-51(78(64,40-18-10-35(3)11-19-40)41-20-12-36(4)13-21-41)25-43(94-72)23-49-58(56(32-85)86-5)45-27-53(80)55(82)29-47(45)70(49)92/h6-29H,1-4H3/b48-22-,49-23-,58-56+. The van der Waals surface area contributed by atoms with Crippen LogP contribution in [0.2, 0.25) is 20.1 Å². The summed E-state index contributed by atoms with van der Waals surface area (Å²) in [7, 11) is 0. The van der Waals surface area contributed by atoms with Gasteiger partial charge in [0, 0.05) is 64.7 Å². The van der Waals surface area contributed by atoms with Gasteiger partial charge in [-0.1, -0.05) is 166 Å². The maximum absolute atomic E-state index is 14.8. The van der Waals surface area contributed by atoms with Gasteiger partial charge in [-0.2, -0.15) is 28.0 Å². The third-order valence-corrected chi connectivity index (χ3v) is 26.9. The van der Waals surface area contributed by atoms with Gasteiger partial charge in [0.15, 0.2) is 11.6 Å². The molecule has 0 amide bonds. The number of thiophene rings is 4. The van der Waals surface area contributed by atoms with Crippen molar-refractivity contribution in [1.82, 2.24) is 17.5 Å². The first-order valence-electron chi connectivity index (χ1n) is 30.4. The number of carbonyl (C=O) groups excluding carboxylic acids is 2. The third-order valence-electron chi connectivity index (χ3n) is 19.5. The largest absolute Gasteiger partial charge is 0.289 e. The molecule has 0 atom stereocenters. The smallest absolute Gasteiger partial charge is 0.270 e. The summed E-state index contributed by atoms with van der Waals surface area (Å²) in [5.74, 6) is -0.747. The zero-order valence-corrected chi connectivity index (χ0v) is 59.1. The van der Waals surface area contributed by atoms with Gasteiger partial charge in [0.1, 0.15) is 39.8 Å². The van der Waals surface area contributed by atoms with E-state index in [1.54, 1.807) is 63.6 Å². The van der Waals surface area contributed by atoms with E-state index in [4.69, 9.17) is 70.5 Å². The van der Waals surface area contributed by atoms with Crippen molar-refractivity contribution in [2.24, 2.45) is 0 Å². The molecule has 0 unspecified atom stereocenters. The van der Waals surface area contributed by atoms with Gasteiger partial charge in [0.25, 0.3) is 5.70 Å². The van der Waals surface area contributed by atoms with Crippen LogP contribution < -0.4 is 0 Å². The highest BCUT2D eigenvalue weighted by Crippen LogP contribution is 2.69. The molecule has 14 aromatic rings. The van der Waals surface area contributed by atoms with Gasteiger partial charge in [-0.25, -0.2) is 10.1 Å². The van der Waals surface area contributed by atoms with Crippen molar-refractivity contribution in [3.05, 3.63) is 286 Å². The van der Waals surface area contributed by atoms with Crippen molar-refractivity contribution in [2.45, 2.75) is 38.5 Å². The highest BCUT2D eigenvalue weighted by Gasteiger charge is 2.54. The number of Topliss-reactive ketones (excluding diaryl/α,β-unsaturated/α-hetero) is 2. The van der Waals surface area contributed by atoms with Gasteiger partial charge in [-0.15, -0.1) is 45.3 Å². The molecule has 0 N–H and O–H groups in total. The summed E-state index contributed by atoms with van der Waals surface area (Å²) in [5, 5.41) is 35.9. The average Bonchev–Trinajstić information content (AvgIpc) is 1.49. The first-order valence-corrected chi connectivity index (χ1v) is 36.7. The molecule has 6 heterocycles. The number of carbonyl (C=O) groups is 2. The van der Waals surface area contributed by atoms with Crippen LogP contribution in [-0.2, 0) is 10.8 Å². The number of nitrogens with zero attached hydrogens (tertiary/aromatic N) is 8. The van der Waals surface area contributed by atoms with Crippen LogP contribution >= 0.6 is 115 Å². The van der Waals surface area contributed by atoms with E-state index in [1.165, 1.54) is 35.6 Å². The first-order chi connectivity index (χ1) is 47.5. The van der Waals surface area contributed by atoms with Crippen LogP contribution in [0.4, 0.5) is 0 Å². The lowest BCUT2D eigenvalue weighted by Crippen LogP contribution is -2.28. The Morgan fingerprint density at radius 1 is 0.449 bits per heavy atom. The highest BCUT2D eigenvalue weighted by molar-refractivity contribution is 7.29. The molecule has 6 aromatic heterocycles. The van der Waals surface area contributed by atoms with E-state index >= 15 is 0 Å². The molecule has 0 fully saturated rings. The number of halogens is 4. The molecule has 4 aliphatic carbocycles. The van der Waals surface area contributed by atoms with Crippen molar-refractivity contribution in [3.8, 4) is 37.7 Å². The highest BCUT2D eigenvalue weighted by atomic mass is 35.5. The Morgan fingerprint density at radius 3 is 1.15 bits per heavy atom. The minimum absolute atomic E-state index is 0.180. The quantitative estimate of drug-likeness (QED) is 0.0896. The predicted molar refractivity (Wildman–Crippen MR) is 401 cm³/mol. The van der Waals surface area contributed by atoms with Gasteiger partial charge in [-0.05, 0) is 132 Å². The molecule has 0 radical (unpaired) electrons. The lowest BCUT2D eigenvalue weighted by Gasteiger charge is -2.34. The van der Waals surface area contributed by atoms with Gasteiger partial charge in [0.2, 0.25) is 0 Å². The fourth-order valence-corrected chi connectivity index (χ4v) is 22.6. The monoisotopic (exact) mass is 1450 g/mol. The zero-order chi connectivity index (χ0) is 67.3. The minimum Gasteiger partial charge on any atom is -0.289 e. The number of ketones is 2. The van der Waals surface area contributed by atoms with Crippen LogP contribution in [0.5, 0.6) is 0 Å². The maximum Gasteiger partial charge on any atom is 0.270 e. The normalized spacial score (nSPS) is 15.9. The number of allylic oxidation sites excluding steroid dienone is 6. The fraction of sp³-hybridized carbons (Fsp3) is 0.0769. The van der Waals surface area contributed by atoms with Crippen molar-refractivity contribution in [3.63, 3.8) is 0 Å². The molecule has 464 valence electrons. The van der Waals surface area contributed by atoms with Crippen molar-refractivity contribution in [2.75, 3.05) is 0 Å². The van der Waals surface area contributed by atoms with Gasteiger partial charge >= 0.3 is 0 Å². The van der Waals surface area contributed by atoms with Gasteiger partial charge in [-0.3, -0.25) is 9.59 Å². The van der Waals surface area contributed by atoms with E-state index in [9.17, 15) is 25.4 Å². The number of hydrogen-bond donors (Lipinski definition) is 0. The molecule has 0 bridgehead atoms. The Balaban J connectivity index is 0.975. The van der Waals surface area contributed by atoms with Crippen molar-refractivity contribution in [1.29, 1.82) is 15.8 Å². The molecular weight excluding hydrogens is 1420 g/mol. The zero-order valence-electron chi connectivity index (χ0n) is 51.2. The number of rotatable bonds is 6. The predicted octanol–water partition coefficient (Wildman–Crippen LogP) is 22.5. The summed E-state index contributed by atoms with van der Waals surface area (Å²) in [6.45, 7) is 16.5. The Kier molecular flexibility index (Phi) is 13.6. The van der Waals surface area contributed by atoms with Crippen LogP contribution in [0, 0.1) is 68.3 Å². The molecular formula is C78H36Cl4N8O2S6. The van der Waals surface area contributed by atoms with Crippen LogP contribution in [-0.4, -0.2) is 29.1 Å². The summed E-state index contributed by atoms with van der Waals surface area (Å²) in [5.41, 5.74) is 14.9. The number of fused-ring (bicyclic) bond motifs is 21. The Hall–Kier alpha value is -9.60. The summed E-state index contributed by atoms with van der Waals surface area (Å²) >= 11 is 35.1. The van der Waals surface area contributed by atoms with E-state index in [0.29, 0.717) is 11.1 Å². The molecule has 0 spiro atoms. The van der Waals surface area contributed by atoms with E-state index in [2.05, 4.69) is 160 Å². The molecule has 0 aliphatic heterocycles. The lowest BCUT2D eigenvalue weighted by atomic mass is 9.66. The number of nitriles is 3. The van der Waals surface area contributed by atoms with E-state index in [-0.39, 0.29) is 76.3 Å². The maximum atomic E-state index is 14.8. The minimum atomic E-state index is -1.03. The topological polar surface area (TPSA) is 161 Å². The SMILES string of the molecule is [C-]#[N+]/C(C#N)=C1/C(=C/c2cc3c(s2)-c2sc4c5nsnc5c5c6c7c(sc6c6nsnc6c5c4c2C3(c2ccc(C)cc2)c2ccc(C)cc2)-c2sc(/C=C3\C(=O)c4cc(Cl)c(Cl)cc4C3=C(C#N)C#N)cc2C7(c2ccc(C)cc2)c2ccc(C)cc2)C(=O)c2cc(Cl)c(Cl)cc21. The van der Waals surface area contributed by atoms with Gasteiger partial charge in [0.05, 0.1) is 95.9 Å². The van der Waals surface area contributed by atoms with Crippen LogP contribution in [0.1, 0.15) is 108 Å². The van der Waals surface area contributed by atoms with Gasteiger partial charge < -0.3 is 0 Å². The Bertz CT molecular complexity index is 5910. The Labute approximate surface area is 602 Å². The lowest BCUT2D eigenvalue weighted by molar-refractivity contribution is 0.103. The van der Waals surface area contributed by atoms with Crippen LogP contribution in [0.25, 0.3) is 101 Å². The second kappa shape index (κ2) is 22.0. The molecule has 4 aliphatic rings. The molecule has 0 saturated carbocycles. The van der Waals surface area contributed by atoms with E-state index in [0.717, 1.165) is 149 Å². The summed E-state index contributed by atoms with van der Waals surface area (Å²) in [6, 6.07) is 51.6. The van der Waals surface area contributed by atoms with Crippen LogP contribution in [0.3, 0.4) is 0 Å². The second-order valence-corrected chi connectivity index (χ2v) is 31.7. The first kappa shape index (κ1) is 60.8. The molecule has 18 rings (SSSR count). The number of aryl methyl sites for hydroxylation is 4. The number of aromatic nitrogens is 4. The van der Waals surface area contributed by atoms with Crippen molar-refractivity contribution >= 4 is 203 Å². The summed E-state index contributed by atoms with van der Waals surface area (Å²) in [4.78, 5) is 38.6. The molecule has 20 heteroatoms.